The molecule has 0 fully saturated rings. The number of imidazole rings is 1. The molecule has 0 saturated carbocycles. The zero-order chi connectivity index (χ0) is 17.1. The fourth-order valence-electron chi connectivity index (χ4n) is 2.80. The number of para-hydroxylation sites is 2. The summed E-state index contributed by atoms with van der Waals surface area (Å²) in [6.45, 7) is 3.13. The number of ketones is 1. The lowest BCUT2D eigenvalue weighted by Gasteiger charge is -2.05. The van der Waals surface area contributed by atoms with Gasteiger partial charge in [0, 0.05) is 23.6 Å². The number of aryl methyl sites for hydroxylation is 1. The van der Waals surface area contributed by atoms with Gasteiger partial charge in [-0.15, -0.1) is 0 Å². The molecule has 0 atom stereocenters. The molecule has 0 spiro atoms. The molecule has 0 aliphatic heterocycles. The Morgan fingerprint density at radius 1 is 1.08 bits per heavy atom. The molecule has 4 nitrogen and oxygen atoms in total. The molecule has 124 valence electrons. The molecule has 0 N–H and O–H groups in total. The first-order valence-electron chi connectivity index (χ1n) is 8.05. The monoisotopic (exact) mass is 385 g/mol. The molecule has 24 heavy (non-hydrogen) atoms. The summed E-state index contributed by atoms with van der Waals surface area (Å²) in [4.78, 5) is 17.4. The summed E-state index contributed by atoms with van der Waals surface area (Å²) in [5, 5.41) is 0. The number of aromatic nitrogens is 2. The number of hydrogen-bond donors (Lipinski definition) is 0. The van der Waals surface area contributed by atoms with Gasteiger partial charge in [0.05, 0.1) is 17.6 Å². The number of halogens is 1. The summed E-state index contributed by atoms with van der Waals surface area (Å²) >= 11 is 3.40. The third kappa shape index (κ3) is 3.22. The van der Waals surface area contributed by atoms with Crippen molar-refractivity contribution in [1.82, 2.24) is 9.13 Å². The number of benzene rings is 2. The second kappa shape index (κ2) is 7.18. The zero-order valence-electron chi connectivity index (χ0n) is 13.9. The summed E-state index contributed by atoms with van der Waals surface area (Å²) < 4.78 is 5.03. The maximum Gasteiger partial charge on any atom is 0.206 e. The Balaban J connectivity index is 2.07. The number of carbonyl (C=O) groups is 1. The van der Waals surface area contributed by atoms with E-state index in [0.717, 1.165) is 34.1 Å². The van der Waals surface area contributed by atoms with Crippen molar-refractivity contribution in [3.05, 3.63) is 64.2 Å². The van der Waals surface area contributed by atoms with E-state index in [9.17, 15) is 4.79 Å². The smallest absolute Gasteiger partial charge is 0.206 e. The summed E-state index contributed by atoms with van der Waals surface area (Å²) in [5.41, 5.74) is 3.65. The second-order valence-electron chi connectivity index (χ2n) is 5.75. The lowest BCUT2D eigenvalue weighted by Crippen LogP contribution is -2.27. The average molecular weight is 386 g/mol. The lowest BCUT2D eigenvalue weighted by molar-refractivity contribution is 0.0971. The van der Waals surface area contributed by atoms with Crippen LogP contribution >= 0.6 is 15.9 Å². The Kier molecular flexibility index (Phi) is 5.00. The highest BCUT2D eigenvalue weighted by molar-refractivity contribution is 9.10. The Morgan fingerprint density at radius 3 is 2.42 bits per heavy atom. The van der Waals surface area contributed by atoms with Gasteiger partial charge < -0.3 is 9.13 Å². The van der Waals surface area contributed by atoms with Crippen molar-refractivity contribution < 1.29 is 4.79 Å². The number of fused-ring (bicyclic) bond motifs is 1. The van der Waals surface area contributed by atoms with E-state index in [1.807, 2.05) is 54.1 Å². The fourth-order valence-corrected chi connectivity index (χ4v) is 3.07. The number of nitrogens with zero attached hydrogens (tertiary/aromatic N) is 3. The van der Waals surface area contributed by atoms with Gasteiger partial charge in [-0.3, -0.25) is 9.79 Å². The van der Waals surface area contributed by atoms with E-state index in [0.29, 0.717) is 5.56 Å². The van der Waals surface area contributed by atoms with Crippen LogP contribution in [0.5, 0.6) is 0 Å². The van der Waals surface area contributed by atoms with Crippen LogP contribution in [-0.4, -0.2) is 21.5 Å². The molecule has 2 aromatic carbocycles. The van der Waals surface area contributed by atoms with Crippen LogP contribution in [0.4, 0.5) is 0 Å². The fraction of sp³-hybridized carbons (Fsp3) is 0.263. The minimum absolute atomic E-state index is 0.0804. The van der Waals surface area contributed by atoms with Crippen molar-refractivity contribution in [3.63, 3.8) is 0 Å². The van der Waals surface area contributed by atoms with E-state index < -0.39 is 0 Å². The highest BCUT2D eigenvalue weighted by atomic mass is 79.9. The molecule has 0 unspecified atom stereocenters. The van der Waals surface area contributed by atoms with Gasteiger partial charge in [0.1, 0.15) is 0 Å². The first-order valence-corrected chi connectivity index (χ1v) is 8.84. The van der Waals surface area contributed by atoms with Crippen molar-refractivity contribution in [1.29, 1.82) is 0 Å². The molecule has 5 heteroatoms. The van der Waals surface area contributed by atoms with Crippen molar-refractivity contribution >= 4 is 32.7 Å². The molecule has 0 aliphatic rings. The molecule has 0 aliphatic carbocycles. The molecule has 1 heterocycles. The number of carbonyl (C=O) groups excluding carboxylic acids is 1. The van der Waals surface area contributed by atoms with Crippen LogP contribution in [0.2, 0.25) is 0 Å². The maximum absolute atomic E-state index is 12.7. The summed E-state index contributed by atoms with van der Waals surface area (Å²) in [5.74, 6) is 0.0804. The average Bonchev–Trinajstić information content (AvgIpc) is 2.86. The topological polar surface area (TPSA) is 39.3 Å². The normalized spacial score (nSPS) is 12.0. The summed E-state index contributed by atoms with van der Waals surface area (Å²) in [6, 6.07) is 15.6. The highest BCUT2D eigenvalue weighted by Crippen LogP contribution is 2.14. The zero-order valence-corrected chi connectivity index (χ0v) is 15.5. The SMILES string of the molecule is CCC/N=c1/n(C)c2ccccc2n1CC(=O)c1ccc(Br)cc1. The van der Waals surface area contributed by atoms with E-state index in [2.05, 4.69) is 38.5 Å². The number of Topliss-reactive ketones (excluding diaryl/α,β-unsaturated/α-hetero) is 1. The van der Waals surface area contributed by atoms with E-state index >= 15 is 0 Å². The van der Waals surface area contributed by atoms with E-state index in [-0.39, 0.29) is 12.3 Å². The van der Waals surface area contributed by atoms with Gasteiger partial charge in [-0.1, -0.05) is 47.1 Å². The van der Waals surface area contributed by atoms with Crippen LogP contribution in [0.1, 0.15) is 23.7 Å². The molecule has 3 aromatic rings. The third-order valence-electron chi connectivity index (χ3n) is 4.02. The van der Waals surface area contributed by atoms with Gasteiger partial charge in [0.25, 0.3) is 0 Å². The molecule has 3 rings (SSSR count). The molecular formula is C19H20BrN3O. The van der Waals surface area contributed by atoms with E-state index in [1.54, 1.807) is 0 Å². The Labute approximate surface area is 149 Å². The predicted molar refractivity (Wildman–Crippen MR) is 100 cm³/mol. The Bertz CT molecular complexity index is 935. The Morgan fingerprint density at radius 2 is 1.75 bits per heavy atom. The second-order valence-corrected chi connectivity index (χ2v) is 6.66. The minimum atomic E-state index is 0.0804. The van der Waals surface area contributed by atoms with Crippen LogP contribution in [0, 0.1) is 0 Å². The first-order chi connectivity index (χ1) is 11.6. The third-order valence-corrected chi connectivity index (χ3v) is 4.55. The van der Waals surface area contributed by atoms with Gasteiger partial charge >= 0.3 is 0 Å². The van der Waals surface area contributed by atoms with E-state index in [4.69, 9.17) is 0 Å². The van der Waals surface area contributed by atoms with Crippen LogP contribution < -0.4 is 5.62 Å². The van der Waals surface area contributed by atoms with Crippen molar-refractivity contribution in [2.75, 3.05) is 6.54 Å². The number of rotatable bonds is 5. The molecular weight excluding hydrogens is 366 g/mol. The van der Waals surface area contributed by atoms with E-state index in [1.165, 1.54) is 0 Å². The molecule has 0 radical (unpaired) electrons. The van der Waals surface area contributed by atoms with Crippen LogP contribution in [0.25, 0.3) is 11.0 Å². The summed E-state index contributed by atoms with van der Waals surface area (Å²) in [6.07, 6.45) is 0.974. The minimum Gasteiger partial charge on any atom is -0.313 e. The van der Waals surface area contributed by atoms with Gasteiger partial charge in [0.2, 0.25) is 5.62 Å². The predicted octanol–water partition coefficient (Wildman–Crippen LogP) is 3.94. The molecule has 1 aromatic heterocycles. The van der Waals surface area contributed by atoms with Gasteiger partial charge in [-0.05, 0) is 30.7 Å². The van der Waals surface area contributed by atoms with Gasteiger partial charge in [-0.2, -0.15) is 0 Å². The first kappa shape index (κ1) is 16.7. The maximum atomic E-state index is 12.7. The van der Waals surface area contributed by atoms with Gasteiger partial charge in [-0.25, -0.2) is 0 Å². The van der Waals surface area contributed by atoms with Crippen LogP contribution in [-0.2, 0) is 13.6 Å². The lowest BCUT2D eigenvalue weighted by atomic mass is 10.1. The number of hydrogen-bond acceptors (Lipinski definition) is 2. The standard InChI is InChI=1S/C19H20BrN3O/c1-3-12-21-19-22(2)16-6-4-5-7-17(16)23(19)13-18(24)14-8-10-15(20)11-9-14/h4-11H,3,12-13H2,1-2H3/b21-19-. The quantitative estimate of drug-likeness (QED) is 0.613. The molecule has 0 saturated heterocycles. The van der Waals surface area contributed by atoms with Gasteiger partial charge in [0.15, 0.2) is 5.78 Å². The van der Waals surface area contributed by atoms with Crippen LogP contribution in [0.15, 0.2) is 58.0 Å². The highest BCUT2D eigenvalue weighted by Gasteiger charge is 2.13. The molecule has 0 bridgehead atoms. The van der Waals surface area contributed by atoms with Crippen molar-refractivity contribution in [2.45, 2.75) is 19.9 Å². The van der Waals surface area contributed by atoms with Crippen LogP contribution in [0.3, 0.4) is 0 Å². The molecule has 0 amide bonds. The van der Waals surface area contributed by atoms with Crippen molar-refractivity contribution in [2.24, 2.45) is 12.0 Å². The largest absolute Gasteiger partial charge is 0.313 e. The summed E-state index contributed by atoms with van der Waals surface area (Å²) in [7, 11) is 2.00. The Hall–Kier alpha value is -2.14. The van der Waals surface area contributed by atoms with Crippen molar-refractivity contribution in [3.8, 4) is 0 Å².